The number of carbonyl (C=O) groups excluding carboxylic acids is 1. The number of esters is 1. The predicted octanol–water partition coefficient (Wildman–Crippen LogP) is 2.25. The van der Waals surface area contributed by atoms with E-state index >= 15 is 0 Å². The smallest absolute Gasteiger partial charge is 0.339 e. The number of ether oxygens (including phenoxy) is 2. The van der Waals surface area contributed by atoms with Crippen molar-refractivity contribution in [3.63, 3.8) is 0 Å². The SMILES string of the molecule is COC(=O)c1cc(OC)c(CBr)cc1C#N. The Kier molecular flexibility index (Phi) is 4.32. The minimum atomic E-state index is -0.545. The number of halogens is 1. The lowest BCUT2D eigenvalue weighted by atomic mass is 10.0. The van der Waals surface area contributed by atoms with Gasteiger partial charge in [-0.05, 0) is 12.1 Å². The largest absolute Gasteiger partial charge is 0.496 e. The first-order valence-corrected chi connectivity index (χ1v) is 5.55. The Morgan fingerprint density at radius 3 is 2.62 bits per heavy atom. The Labute approximate surface area is 102 Å². The quantitative estimate of drug-likeness (QED) is 0.631. The average molecular weight is 284 g/mol. The maximum Gasteiger partial charge on any atom is 0.339 e. The molecule has 0 saturated carbocycles. The van der Waals surface area contributed by atoms with Crippen molar-refractivity contribution < 1.29 is 14.3 Å². The van der Waals surface area contributed by atoms with E-state index in [1.807, 2.05) is 6.07 Å². The van der Waals surface area contributed by atoms with E-state index < -0.39 is 5.97 Å². The van der Waals surface area contributed by atoms with Crippen LogP contribution >= 0.6 is 15.9 Å². The van der Waals surface area contributed by atoms with Crippen molar-refractivity contribution >= 4 is 21.9 Å². The van der Waals surface area contributed by atoms with Gasteiger partial charge in [-0.15, -0.1) is 0 Å². The lowest BCUT2D eigenvalue weighted by Crippen LogP contribution is -2.06. The number of nitriles is 1. The molecule has 0 saturated heterocycles. The van der Waals surface area contributed by atoms with E-state index in [4.69, 9.17) is 10.00 Å². The Balaban J connectivity index is 3.39. The molecule has 0 aliphatic rings. The van der Waals surface area contributed by atoms with Crippen molar-refractivity contribution in [1.82, 2.24) is 0 Å². The van der Waals surface area contributed by atoms with Gasteiger partial charge in [0.05, 0.1) is 25.3 Å². The van der Waals surface area contributed by atoms with Gasteiger partial charge in [0.15, 0.2) is 0 Å². The van der Waals surface area contributed by atoms with Gasteiger partial charge in [-0.3, -0.25) is 0 Å². The second-order valence-electron chi connectivity index (χ2n) is 2.95. The van der Waals surface area contributed by atoms with Gasteiger partial charge in [0, 0.05) is 10.9 Å². The molecular weight excluding hydrogens is 274 g/mol. The van der Waals surface area contributed by atoms with E-state index in [-0.39, 0.29) is 11.1 Å². The third-order valence-electron chi connectivity index (χ3n) is 2.09. The van der Waals surface area contributed by atoms with Crippen LogP contribution in [-0.4, -0.2) is 20.2 Å². The fourth-order valence-electron chi connectivity index (χ4n) is 1.29. The molecule has 0 aliphatic heterocycles. The van der Waals surface area contributed by atoms with Crippen molar-refractivity contribution in [3.05, 3.63) is 28.8 Å². The number of nitrogens with zero attached hydrogens (tertiary/aromatic N) is 1. The third kappa shape index (κ3) is 2.34. The van der Waals surface area contributed by atoms with Crippen LogP contribution in [0.5, 0.6) is 5.75 Å². The number of hydrogen-bond acceptors (Lipinski definition) is 4. The van der Waals surface area contributed by atoms with Crippen LogP contribution in [0.3, 0.4) is 0 Å². The van der Waals surface area contributed by atoms with Crippen molar-refractivity contribution in [2.45, 2.75) is 5.33 Å². The van der Waals surface area contributed by atoms with Crippen LogP contribution in [0.15, 0.2) is 12.1 Å². The summed E-state index contributed by atoms with van der Waals surface area (Å²) in [6.45, 7) is 0. The molecule has 0 heterocycles. The zero-order valence-corrected chi connectivity index (χ0v) is 10.5. The van der Waals surface area contributed by atoms with Crippen LogP contribution < -0.4 is 4.74 Å². The summed E-state index contributed by atoms with van der Waals surface area (Å²) in [5.74, 6) is 0.00671. The summed E-state index contributed by atoms with van der Waals surface area (Å²) in [6, 6.07) is 5.09. The molecule has 0 bridgehead atoms. The van der Waals surface area contributed by atoms with Gasteiger partial charge < -0.3 is 9.47 Å². The molecule has 4 nitrogen and oxygen atoms in total. The lowest BCUT2D eigenvalue weighted by molar-refractivity contribution is 0.0600. The summed E-state index contributed by atoms with van der Waals surface area (Å²) in [5, 5.41) is 9.48. The van der Waals surface area contributed by atoms with Crippen LogP contribution in [0.1, 0.15) is 21.5 Å². The van der Waals surface area contributed by atoms with Crippen molar-refractivity contribution in [1.29, 1.82) is 5.26 Å². The topological polar surface area (TPSA) is 59.3 Å². The third-order valence-corrected chi connectivity index (χ3v) is 2.69. The second kappa shape index (κ2) is 5.52. The molecule has 0 aromatic heterocycles. The summed E-state index contributed by atoms with van der Waals surface area (Å²) in [4.78, 5) is 11.4. The highest BCUT2D eigenvalue weighted by Crippen LogP contribution is 2.25. The molecule has 84 valence electrons. The van der Waals surface area contributed by atoms with Gasteiger partial charge in [-0.25, -0.2) is 4.79 Å². The molecule has 1 aromatic rings. The molecule has 0 radical (unpaired) electrons. The van der Waals surface area contributed by atoms with Gasteiger partial charge in [0.2, 0.25) is 0 Å². The average Bonchev–Trinajstić information content (AvgIpc) is 2.35. The molecule has 0 fully saturated rings. The van der Waals surface area contributed by atoms with E-state index in [9.17, 15) is 4.79 Å². The van der Waals surface area contributed by atoms with E-state index in [0.29, 0.717) is 11.1 Å². The molecule has 16 heavy (non-hydrogen) atoms. The second-order valence-corrected chi connectivity index (χ2v) is 3.51. The first-order valence-electron chi connectivity index (χ1n) is 4.43. The number of carbonyl (C=O) groups is 1. The van der Waals surface area contributed by atoms with E-state index in [2.05, 4.69) is 20.7 Å². The van der Waals surface area contributed by atoms with Crippen LogP contribution in [-0.2, 0) is 10.1 Å². The molecule has 5 heteroatoms. The minimum Gasteiger partial charge on any atom is -0.496 e. The molecular formula is C11H10BrNO3. The summed E-state index contributed by atoms with van der Waals surface area (Å²) < 4.78 is 9.72. The van der Waals surface area contributed by atoms with E-state index in [1.54, 1.807) is 6.07 Å². The Hall–Kier alpha value is -1.54. The van der Waals surface area contributed by atoms with Crippen LogP contribution in [0.2, 0.25) is 0 Å². The zero-order chi connectivity index (χ0) is 12.1. The molecule has 0 aliphatic carbocycles. The monoisotopic (exact) mass is 283 g/mol. The molecule has 0 amide bonds. The highest BCUT2D eigenvalue weighted by molar-refractivity contribution is 9.08. The Morgan fingerprint density at radius 1 is 1.50 bits per heavy atom. The highest BCUT2D eigenvalue weighted by Gasteiger charge is 2.16. The van der Waals surface area contributed by atoms with Gasteiger partial charge in [0.25, 0.3) is 0 Å². The van der Waals surface area contributed by atoms with Crippen molar-refractivity contribution in [2.75, 3.05) is 14.2 Å². The Morgan fingerprint density at radius 2 is 2.19 bits per heavy atom. The molecule has 1 aromatic carbocycles. The van der Waals surface area contributed by atoms with E-state index in [0.717, 1.165) is 5.56 Å². The summed E-state index contributed by atoms with van der Waals surface area (Å²) in [6.07, 6.45) is 0. The summed E-state index contributed by atoms with van der Waals surface area (Å²) in [5.41, 5.74) is 1.31. The van der Waals surface area contributed by atoms with Crippen LogP contribution in [0.4, 0.5) is 0 Å². The van der Waals surface area contributed by atoms with Gasteiger partial charge in [-0.2, -0.15) is 5.26 Å². The molecule has 1 rings (SSSR count). The molecule has 0 atom stereocenters. The molecule has 0 spiro atoms. The standard InChI is InChI=1S/C11H10BrNO3/c1-15-10-4-9(11(14)16-2)8(6-13)3-7(10)5-12/h3-4H,5H2,1-2H3. The number of benzene rings is 1. The predicted molar refractivity (Wildman–Crippen MR) is 61.7 cm³/mol. The molecule has 0 unspecified atom stereocenters. The summed E-state index contributed by atoms with van der Waals surface area (Å²) >= 11 is 3.29. The number of methoxy groups -OCH3 is 2. The zero-order valence-electron chi connectivity index (χ0n) is 8.91. The highest BCUT2D eigenvalue weighted by atomic mass is 79.9. The van der Waals surface area contributed by atoms with Crippen LogP contribution in [0.25, 0.3) is 0 Å². The normalized spacial score (nSPS) is 9.38. The fourth-order valence-corrected chi connectivity index (χ4v) is 1.73. The summed E-state index contributed by atoms with van der Waals surface area (Å²) in [7, 11) is 2.78. The van der Waals surface area contributed by atoms with Crippen molar-refractivity contribution in [2.24, 2.45) is 0 Å². The van der Waals surface area contributed by atoms with Gasteiger partial charge in [0.1, 0.15) is 11.8 Å². The number of alkyl halides is 1. The van der Waals surface area contributed by atoms with Gasteiger partial charge in [-0.1, -0.05) is 15.9 Å². The number of rotatable bonds is 3. The van der Waals surface area contributed by atoms with Crippen LogP contribution in [0, 0.1) is 11.3 Å². The minimum absolute atomic E-state index is 0.214. The first-order chi connectivity index (χ1) is 7.67. The van der Waals surface area contributed by atoms with Gasteiger partial charge >= 0.3 is 5.97 Å². The Bertz CT molecular complexity index is 451. The van der Waals surface area contributed by atoms with E-state index in [1.165, 1.54) is 20.3 Å². The maximum absolute atomic E-state index is 11.4. The fraction of sp³-hybridized carbons (Fsp3) is 0.273. The lowest BCUT2D eigenvalue weighted by Gasteiger charge is -2.09. The first kappa shape index (κ1) is 12.5. The maximum atomic E-state index is 11.4. The molecule has 0 N–H and O–H groups in total. The number of hydrogen-bond donors (Lipinski definition) is 0. The van der Waals surface area contributed by atoms with Crippen molar-refractivity contribution in [3.8, 4) is 11.8 Å².